The van der Waals surface area contributed by atoms with Crippen LogP contribution in [0.1, 0.15) is 128 Å². The zero-order chi connectivity index (χ0) is 57.0. The fraction of sp³-hybridized carbons (Fsp3) is 0.279. The van der Waals surface area contributed by atoms with E-state index in [4.69, 9.17) is 18.1 Å². The van der Waals surface area contributed by atoms with Crippen LogP contribution >= 0.6 is 0 Å². The van der Waals surface area contributed by atoms with Gasteiger partial charge in [-0.25, -0.2) is 0 Å². The number of fused-ring (bicyclic) bond motifs is 8. The molecule has 7 aromatic carbocycles. The van der Waals surface area contributed by atoms with Crippen molar-refractivity contribution < 1.29 is 23.6 Å². The van der Waals surface area contributed by atoms with Crippen LogP contribution in [0.2, 0.25) is 0 Å². The lowest BCUT2D eigenvalue weighted by molar-refractivity contribution is 0.332. The molecule has 0 fully saturated rings. The molecule has 2 aliphatic carbocycles. The molecule has 1 aromatic heterocycles. The molecular weight excluding hydrogens is 787 g/mol. The first-order valence-corrected chi connectivity index (χ1v) is 22.8. The summed E-state index contributed by atoms with van der Waals surface area (Å²) in [6, 6.07) is 12.5. The van der Waals surface area contributed by atoms with Crippen LogP contribution in [0, 0.1) is 6.92 Å². The average molecular weight is 861 g/mol. The van der Waals surface area contributed by atoms with Gasteiger partial charge in [0.05, 0.1) is 30.5 Å². The summed E-state index contributed by atoms with van der Waals surface area (Å²) in [6.07, 6.45) is 3.96. The third kappa shape index (κ3) is 6.08. The third-order valence-electron chi connectivity index (χ3n) is 15.2. The number of benzene rings is 7. The number of rotatable bonds is 4. The zero-order valence-corrected chi connectivity index (χ0v) is 38.5. The molecule has 4 heteroatoms. The van der Waals surface area contributed by atoms with Gasteiger partial charge in [0.1, 0.15) is 5.58 Å². The van der Waals surface area contributed by atoms with E-state index >= 15 is 0 Å². The molecule has 0 atom stereocenters. The highest BCUT2D eigenvalue weighted by molar-refractivity contribution is 7.00. The van der Waals surface area contributed by atoms with Crippen LogP contribution in [0.4, 0.5) is 34.1 Å². The number of anilines is 6. The predicted octanol–water partition coefficient (Wildman–Crippen LogP) is 14.9. The molecular formula is C61H59BN2O. The van der Waals surface area contributed by atoms with Gasteiger partial charge < -0.3 is 14.2 Å². The Morgan fingerprint density at radius 2 is 1.03 bits per heavy atom. The molecule has 322 valence electrons. The molecule has 3 nitrogen and oxygen atoms in total. The number of nitrogens with zero attached hydrogens (tertiary/aromatic N) is 2. The molecule has 3 heterocycles. The summed E-state index contributed by atoms with van der Waals surface area (Å²) in [5.41, 5.74) is 10.2. The Labute approximate surface area is 405 Å². The zero-order valence-electron chi connectivity index (χ0n) is 52.5. The van der Waals surface area contributed by atoms with E-state index in [1.807, 2.05) is 13.0 Å². The topological polar surface area (TPSA) is 19.6 Å². The summed E-state index contributed by atoms with van der Waals surface area (Å²) in [5, 5.41) is 0.902. The van der Waals surface area contributed by atoms with Crippen molar-refractivity contribution in [2.24, 2.45) is 0 Å². The highest BCUT2D eigenvalue weighted by Gasteiger charge is 2.48. The molecule has 0 spiro atoms. The molecule has 65 heavy (non-hydrogen) atoms. The summed E-state index contributed by atoms with van der Waals surface area (Å²) in [5.74, 6) is 0. The highest BCUT2D eigenvalue weighted by atomic mass is 16.3. The average Bonchev–Trinajstić information content (AvgIpc) is 4.07. The van der Waals surface area contributed by atoms with Gasteiger partial charge in [-0.05, 0) is 170 Å². The van der Waals surface area contributed by atoms with Crippen LogP contribution in [0.5, 0.6) is 0 Å². The van der Waals surface area contributed by atoms with Crippen LogP contribution in [-0.4, -0.2) is 6.71 Å². The quantitative estimate of drug-likeness (QED) is 0.164. The number of hydrogen-bond donors (Lipinski definition) is 0. The van der Waals surface area contributed by atoms with E-state index < -0.39 is 102 Å². The summed E-state index contributed by atoms with van der Waals surface area (Å²) in [6.45, 7) is 19.5. The molecule has 8 aromatic rings. The number of furan rings is 1. The molecule has 0 unspecified atom stereocenters. The fourth-order valence-corrected chi connectivity index (χ4v) is 11.4. The van der Waals surface area contributed by atoms with Gasteiger partial charge in [0.2, 0.25) is 0 Å². The van der Waals surface area contributed by atoms with Gasteiger partial charge in [0, 0.05) is 33.8 Å². The van der Waals surface area contributed by atoms with Gasteiger partial charge in [0.25, 0.3) is 6.71 Å². The lowest BCUT2D eigenvalue weighted by atomic mass is 9.35. The summed E-state index contributed by atoms with van der Waals surface area (Å²) < 4.78 is 133. The van der Waals surface area contributed by atoms with Crippen LogP contribution < -0.4 is 26.4 Å². The molecule has 2 aliphatic heterocycles. The van der Waals surface area contributed by atoms with Crippen molar-refractivity contribution in [3.63, 3.8) is 0 Å². The van der Waals surface area contributed by atoms with E-state index in [0.29, 0.717) is 39.1 Å². The van der Waals surface area contributed by atoms with Crippen LogP contribution in [-0.2, 0) is 21.7 Å². The van der Waals surface area contributed by atoms with Gasteiger partial charge in [-0.2, -0.15) is 0 Å². The van der Waals surface area contributed by atoms with Gasteiger partial charge in [-0.3, -0.25) is 0 Å². The van der Waals surface area contributed by atoms with Crippen LogP contribution in [0.25, 0.3) is 33.2 Å². The maximum Gasteiger partial charge on any atom is 0.297 e. The van der Waals surface area contributed by atoms with Gasteiger partial charge >= 0.3 is 0 Å². The van der Waals surface area contributed by atoms with Gasteiger partial charge in [-0.15, -0.1) is 0 Å². The minimum absolute atomic E-state index is 0.0264. The lowest BCUT2D eigenvalue weighted by Crippen LogP contribution is -2.61. The van der Waals surface area contributed by atoms with Crippen molar-refractivity contribution in [1.82, 2.24) is 0 Å². The molecule has 0 radical (unpaired) electrons. The van der Waals surface area contributed by atoms with E-state index in [2.05, 4.69) is 96.7 Å². The molecule has 0 bridgehead atoms. The second-order valence-corrected chi connectivity index (χ2v) is 21.3. The van der Waals surface area contributed by atoms with Crippen molar-refractivity contribution in [1.29, 1.82) is 0 Å². The highest BCUT2D eigenvalue weighted by Crippen LogP contribution is 2.53. The fourth-order valence-electron chi connectivity index (χ4n) is 11.4. The second kappa shape index (κ2) is 13.9. The Morgan fingerprint density at radius 3 is 1.66 bits per heavy atom. The monoisotopic (exact) mass is 861 g/mol. The van der Waals surface area contributed by atoms with E-state index in [9.17, 15) is 5.48 Å². The van der Waals surface area contributed by atoms with Crippen LogP contribution in [0.3, 0.4) is 0 Å². The largest absolute Gasteiger partial charge is 0.468 e. The van der Waals surface area contributed by atoms with E-state index in [0.717, 1.165) is 53.7 Å². The molecule has 0 amide bonds. The summed E-state index contributed by atoms with van der Waals surface area (Å²) >= 11 is 0. The Bertz CT molecular complexity index is 4000. The van der Waals surface area contributed by atoms with Crippen molar-refractivity contribution in [2.75, 3.05) is 9.80 Å². The van der Waals surface area contributed by atoms with E-state index in [1.54, 1.807) is 23.1 Å². The second-order valence-electron chi connectivity index (χ2n) is 21.3. The Balaban J connectivity index is 1.23. The Kier molecular flexibility index (Phi) is 5.96. The number of hydrogen-bond acceptors (Lipinski definition) is 3. The summed E-state index contributed by atoms with van der Waals surface area (Å²) in [4.78, 5) is 3.96. The molecule has 0 saturated carbocycles. The van der Waals surface area contributed by atoms with Gasteiger partial charge in [-0.1, -0.05) is 146 Å². The minimum Gasteiger partial charge on any atom is -0.468 e. The van der Waals surface area contributed by atoms with Crippen molar-refractivity contribution in [3.8, 4) is 22.3 Å². The van der Waals surface area contributed by atoms with E-state index in [-0.39, 0.29) is 32.9 Å². The maximum absolute atomic E-state index is 9.89. The molecule has 4 aliphatic rings. The van der Waals surface area contributed by atoms with Crippen LogP contribution in [0.15, 0.2) is 150 Å². The van der Waals surface area contributed by atoms with Crippen molar-refractivity contribution in [3.05, 3.63) is 173 Å². The predicted molar refractivity (Wildman–Crippen MR) is 276 cm³/mol. The normalized spacial score (nSPS) is 21.1. The molecule has 0 N–H and O–H groups in total. The van der Waals surface area contributed by atoms with Crippen molar-refractivity contribution >= 4 is 68.4 Å². The maximum atomic E-state index is 9.89. The van der Waals surface area contributed by atoms with E-state index in [1.165, 1.54) is 22.3 Å². The minimum atomic E-state index is -0.758. The van der Waals surface area contributed by atoms with Gasteiger partial charge in [0.15, 0.2) is 0 Å². The Morgan fingerprint density at radius 1 is 0.492 bits per heavy atom. The molecule has 0 saturated heterocycles. The smallest absolute Gasteiger partial charge is 0.297 e. The molecule has 12 rings (SSSR count). The third-order valence-corrected chi connectivity index (χ3v) is 15.2. The lowest BCUT2D eigenvalue weighted by Gasteiger charge is -2.44. The first kappa shape index (κ1) is 27.9. The number of aryl methyl sites for hydroxylation is 1. The Hall–Kier alpha value is -6.26. The first-order chi connectivity index (χ1) is 36.9. The first-order valence-electron chi connectivity index (χ1n) is 29.8. The SMILES string of the molecule is [2H]c1c([2H])c([2H])c(-c2ccc3c(c2)B2c4oc5cc6c(cc5c4N(c4ccc5c(c4)C(C)(C)CCC5(C)C)c4cc(C)cc(c42)N3c2c([2H])c([2H])c(-c3c([2H])c([2H])c([2H])c([2H])c3[2H])c([2H])c2[2H])C(C)(C)CCC6(C)C)c([2H])c1[2H]. The van der Waals surface area contributed by atoms with Crippen molar-refractivity contribution in [2.45, 2.75) is 110 Å². The summed E-state index contributed by atoms with van der Waals surface area (Å²) in [7, 11) is 0. The standard InChI is InChI=1S/C61H59BN2O/c1-38-32-52-55-53(33-38)64(44-25-26-46-47(35-44)59(4,5)29-28-58(46,2)3)56-45-36-48-49(61(8,9)31-30-60(48,6)7)37-54(45)65-57(56)62(55)50-34-42(40-18-14-11-15-19-40)22-27-51(50)63(52)43-23-20-41(21-24-43)39-16-12-10-13-17-39/h10-27,32-37H,28-31H2,1-9H3/i10D,11D,12D,13D,14D,15D,16D,17D,18D,19D,20D,21D,23D,24D.